The summed E-state index contributed by atoms with van der Waals surface area (Å²) >= 11 is 1.14. The topological polar surface area (TPSA) is 37.3 Å². The van der Waals surface area contributed by atoms with Crippen molar-refractivity contribution in [2.75, 3.05) is 0 Å². The van der Waals surface area contributed by atoms with Gasteiger partial charge in [-0.05, 0) is 11.4 Å². The SMILES string of the molecule is C#Cc1ccsc1C(=O)O. The Bertz CT molecular complexity index is 293. The molecule has 0 fully saturated rings. The van der Waals surface area contributed by atoms with Gasteiger partial charge in [-0.2, -0.15) is 0 Å². The Morgan fingerprint density at radius 1 is 1.80 bits per heavy atom. The van der Waals surface area contributed by atoms with Crippen LogP contribution in [0.3, 0.4) is 0 Å². The first-order valence-electron chi connectivity index (χ1n) is 2.53. The van der Waals surface area contributed by atoms with Crippen molar-refractivity contribution in [1.82, 2.24) is 0 Å². The molecule has 1 N–H and O–H groups in total. The molecule has 50 valence electrons. The quantitative estimate of drug-likeness (QED) is 0.618. The van der Waals surface area contributed by atoms with Gasteiger partial charge in [0.1, 0.15) is 4.88 Å². The highest BCUT2D eigenvalue weighted by molar-refractivity contribution is 7.12. The van der Waals surface area contributed by atoms with Crippen LogP contribution in [0.1, 0.15) is 15.2 Å². The Morgan fingerprint density at radius 2 is 2.50 bits per heavy atom. The number of carboxylic acids is 1. The fraction of sp³-hybridized carbons (Fsp3) is 0. The van der Waals surface area contributed by atoms with E-state index < -0.39 is 5.97 Å². The lowest BCUT2D eigenvalue weighted by atomic mass is 10.3. The van der Waals surface area contributed by atoms with Gasteiger partial charge in [0.05, 0.1) is 0 Å². The lowest BCUT2D eigenvalue weighted by Gasteiger charge is -1.85. The van der Waals surface area contributed by atoms with E-state index in [0.717, 1.165) is 11.3 Å². The van der Waals surface area contributed by atoms with Crippen LogP contribution in [0.15, 0.2) is 11.4 Å². The third-order valence-corrected chi connectivity index (χ3v) is 1.92. The number of hydrogen-bond donors (Lipinski definition) is 1. The van der Waals surface area contributed by atoms with Crippen LogP contribution in [0.2, 0.25) is 0 Å². The molecule has 0 atom stereocenters. The summed E-state index contributed by atoms with van der Waals surface area (Å²) in [7, 11) is 0. The number of rotatable bonds is 1. The molecule has 0 saturated carbocycles. The Morgan fingerprint density at radius 3 is 2.90 bits per heavy atom. The highest BCUT2D eigenvalue weighted by atomic mass is 32.1. The summed E-state index contributed by atoms with van der Waals surface area (Å²) in [5.41, 5.74) is 0.456. The third-order valence-electron chi connectivity index (χ3n) is 1.01. The van der Waals surface area contributed by atoms with Crippen LogP contribution in [0.25, 0.3) is 0 Å². The van der Waals surface area contributed by atoms with E-state index in [0.29, 0.717) is 5.56 Å². The standard InChI is InChI=1S/C7H4O2S/c1-2-5-3-4-10-6(5)7(8)9/h1,3-4H,(H,8,9). The molecule has 10 heavy (non-hydrogen) atoms. The van der Waals surface area contributed by atoms with Crippen LogP contribution >= 0.6 is 11.3 Å². The molecule has 0 saturated heterocycles. The summed E-state index contributed by atoms with van der Waals surface area (Å²) in [6, 6.07) is 1.62. The average Bonchev–Trinajstić information content (AvgIpc) is 2.33. The predicted octanol–water partition coefficient (Wildman–Crippen LogP) is 1.43. The van der Waals surface area contributed by atoms with E-state index in [-0.39, 0.29) is 4.88 Å². The van der Waals surface area contributed by atoms with Crippen LogP contribution < -0.4 is 0 Å². The van der Waals surface area contributed by atoms with Crippen molar-refractivity contribution >= 4 is 17.3 Å². The van der Waals surface area contributed by atoms with E-state index in [1.165, 1.54) is 0 Å². The van der Waals surface area contributed by atoms with Gasteiger partial charge in [-0.25, -0.2) is 4.79 Å². The maximum Gasteiger partial charge on any atom is 0.347 e. The van der Waals surface area contributed by atoms with Crippen molar-refractivity contribution in [2.24, 2.45) is 0 Å². The number of hydrogen-bond acceptors (Lipinski definition) is 2. The van der Waals surface area contributed by atoms with E-state index >= 15 is 0 Å². The van der Waals surface area contributed by atoms with Crippen molar-refractivity contribution in [3.63, 3.8) is 0 Å². The molecule has 2 nitrogen and oxygen atoms in total. The van der Waals surface area contributed by atoms with Gasteiger partial charge < -0.3 is 5.11 Å². The highest BCUT2D eigenvalue weighted by Gasteiger charge is 2.08. The first-order valence-corrected chi connectivity index (χ1v) is 3.41. The predicted molar refractivity (Wildman–Crippen MR) is 39.2 cm³/mol. The number of aromatic carboxylic acids is 1. The van der Waals surface area contributed by atoms with E-state index in [1.807, 2.05) is 0 Å². The minimum Gasteiger partial charge on any atom is -0.477 e. The Hall–Kier alpha value is -1.27. The number of terminal acetylenes is 1. The maximum absolute atomic E-state index is 10.4. The van der Waals surface area contributed by atoms with Gasteiger partial charge in [-0.1, -0.05) is 5.92 Å². The molecule has 0 aromatic carbocycles. The Kier molecular flexibility index (Phi) is 1.74. The number of thiophene rings is 1. The second-order valence-electron chi connectivity index (χ2n) is 1.61. The second-order valence-corrected chi connectivity index (χ2v) is 2.53. The van der Waals surface area contributed by atoms with Crippen molar-refractivity contribution in [3.8, 4) is 12.3 Å². The second kappa shape index (κ2) is 2.54. The molecule has 0 aliphatic carbocycles. The molecular formula is C7H4O2S. The highest BCUT2D eigenvalue weighted by Crippen LogP contribution is 2.14. The van der Waals surface area contributed by atoms with Crippen LogP contribution in [-0.4, -0.2) is 11.1 Å². The summed E-state index contributed by atoms with van der Waals surface area (Å²) in [5.74, 6) is 1.33. The third kappa shape index (κ3) is 1.02. The lowest BCUT2D eigenvalue weighted by molar-refractivity contribution is 0.0702. The van der Waals surface area contributed by atoms with Gasteiger partial charge in [0.15, 0.2) is 0 Å². The molecule has 1 aromatic rings. The first kappa shape index (κ1) is 6.84. The van der Waals surface area contributed by atoms with Crippen LogP contribution in [0.5, 0.6) is 0 Å². The fourth-order valence-electron chi connectivity index (χ4n) is 0.589. The molecule has 0 radical (unpaired) electrons. The molecule has 0 spiro atoms. The van der Waals surface area contributed by atoms with Crippen LogP contribution in [0.4, 0.5) is 0 Å². The molecule has 0 bridgehead atoms. The van der Waals surface area contributed by atoms with Gasteiger partial charge >= 0.3 is 5.97 Å². The maximum atomic E-state index is 10.4. The molecule has 1 heterocycles. The average molecular weight is 152 g/mol. The van der Waals surface area contributed by atoms with Gasteiger partial charge in [0.25, 0.3) is 0 Å². The summed E-state index contributed by atoms with van der Waals surface area (Å²) in [6.07, 6.45) is 5.03. The zero-order chi connectivity index (χ0) is 7.56. The van der Waals surface area contributed by atoms with Crippen molar-refractivity contribution in [3.05, 3.63) is 21.9 Å². The smallest absolute Gasteiger partial charge is 0.347 e. The van der Waals surface area contributed by atoms with Crippen LogP contribution in [0, 0.1) is 12.3 Å². The Labute approximate surface area is 62.1 Å². The molecule has 0 amide bonds. The minimum atomic E-state index is -0.956. The minimum absolute atomic E-state index is 0.238. The van der Waals surface area contributed by atoms with Crippen molar-refractivity contribution in [2.45, 2.75) is 0 Å². The molecule has 0 aliphatic heterocycles. The van der Waals surface area contributed by atoms with Gasteiger partial charge in [-0.15, -0.1) is 17.8 Å². The van der Waals surface area contributed by atoms with Crippen LogP contribution in [-0.2, 0) is 0 Å². The van der Waals surface area contributed by atoms with E-state index in [4.69, 9.17) is 11.5 Å². The molecule has 0 aliphatic rings. The largest absolute Gasteiger partial charge is 0.477 e. The molecule has 3 heteroatoms. The molecule has 1 rings (SSSR count). The zero-order valence-electron chi connectivity index (χ0n) is 5.00. The summed E-state index contributed by atoms with van der Waals surface area (Å²) in [5, 5.41) is 10.2. The zero-order valence-corrected chi connectivity index (χ0v) is 5.81. The molecular weight excluding hydrogens is 148 g/mol. The number of carboxylic acid groups (broad SMARTS) is 1. The first-order chi connectivity index (χ1) is 4.75. The Balaban J connectivity index is 3.17. The summed E-state index contributed by atoms with van der Waals surface area (Å²) in [4.78, 5) is 10.6. The fourth-order valence-corrected chi connectivity index (χ4v) is 1.28. The van der Waals surface area contributed by atoms with E-state index in [9.17, 15) is 4.79 Å². The van der Waals surface area contributed by atoms with E-state index in [2.05, 4.69) is 5.92 Å². The number of carbonyl (C=O) groups is 1. The molecule has 0 unspecified atom stereocenters. The summed E-state index contributed by atoms with van der Waals surface area (Å²) in [6.45, 7) is 0. The summed E-state index contributed by atoms with van der Waals surface area (Å²) < 4.78 is 0. The van der Waals surface area contributed by atoms with Crippen molar-refractivity contribution < 1.29 is 9.90 Å². The monoisotopic (exact) mass is 152 g/mol. The molecule has 1 aromatic heterocycles. The van der Waals surface area contributed by atoms with Gasteiger partial charge in [0, 0.05) is 5.56 Å². The van der Waals surface area contributed by atoms with E-state index in [1.54, 1.807) is 11.4 Å². The normalized spacial score (nSPS) is 8.70. The van der Waals surface area contributed by atoms with Gasteiger partial charge in [0.2, 0.25) is 0 Å². The van der Waals surface area contributed by atoms with Gasteiger partial charge in [-0.3, -0.25) is 0 Å². The lowest BCUT2D eigenvalue weighted by Crippen LogP contribution is -1.93. The van der Waals surface area contributed by atoms with Crippen molar-refractivity contribution in [1.29, 1.82) is 0 Å².